The number of nitrogens with one attached hydrogen (secondary N) is 1. The van der Waals surface area contributed by atoms with E-state index in [9.17, 15) is 12.8 Å². The van der Waals surface area contributed by atoms with E-state index in [1.54, 1.807) is 0 Å². The molecule has 1 aliphatic carbocycles. The molecule has 1 fully saturated rings. The molecule has 0 saturated heterocycles. The molecule has 4 nitrogen and oxygen atoms in total. The van der Waals surface area contributed by atoms with Crippen LogP contribution in [0.25, 0.3) is 0 Å². The molecule has 1 saturated carbocycles. The van der Waals surface area contributed by atoms with E-state index in [0.29, 0.717) is 11.5 Å². The Morgan fingerprint density at radius 2 is 2.21 bits per heavy atom. The molecule has 1 aliphatic rings. The topological polar surface area (TPSA) is 72.2 Å². The maximum absolute atomic E-state index is 13.8. The Kier molecular flexibility index (Phi) is 3.90. The summed E-state index contributed by atoms with van der Waals surface area (Å²) in [5, 5.41) is 0. The number of hydrogen-bond acceptors (Lipinski definition) is 3. The summed E-state index contributed by atoms with van der Waals surface area (Å²) in [5.74, 6) is 4.75. The summed E-state index contributed by atoms with van der Waals surface area (Å²) in [6.45, 7) is 2.11. The Bertz CT molecular complexity index is 646. The highest BCUT2D eigenvalue weighted by atomic mass is 32.2. The molecule has 0 aliphatic heterocycles. The number of rotatable bonds is 3. The molecule has 0 radical (unpaired) electrons. The van der Waals surface area contributed by atoms with E-state index in [0.717, 1.165) is 12.5 Å². The zero-order valence-electron chi connectivity index (χ0n) is 10.5. The first-order valence-electron chi connectivity index (χ1n) is 5.95. The molecular formula is C13H15FN2O2S. The summed E-state index contributed by atoms with van der Waals surface area (Å²) in [6.07, 6.45) is 0.793. The zero-order valence-corrected chi connectivity index (χ0v) is 11.3. The van der Waals surface area contributed by atoms with Gasteiger partial charge in [0.2, 0.25) is 10.0 Å². The summed E-state index contributed by atoms with van der Waals surface area (Å²) in [5.41, 5.74) is 5.62. The van der Waals surface area contributed by atoms with Gasteiger partial charge in [0, 0.05) is 11.6 Å². The molecule has 0 heterocycles. The van der Waals surface area contributed by atoms with Crippen LogP contribution in [-0.4, -0.2) is 21.0 Å². The van der Waals surface area contributed by atoms with Crippen molar-refractivity contribution in [2.24, 2.45) is 11.7 Å². The van der Waals surface area contributed by atoms with Gasteiger partial charge in [-0.3, -0.25) is 0 Å². The van der Waals surface area contributed by atoms with Gasteiger partial charge in [-0.1, -0.05) is 18.8 Å². The van der Waals surface area contributed by atoms with E-state index in [1.807, 2.05) is 6.92 Å². The van der Waals surface area contributed by atoms with Crippen LogP contribution in [0, 0.1) is 23.6 Å². The van der Waals surface area contributed by atoms with Gasteiger partial charge in [0.1, 0.15) is 10.7 Å². The molecule has 19 heavy (non-hydrogen) atoms. The molecule has 0 amide bonds. The lowest BCUT2D eigenvalue weighted by atomic mass is 10.2. The predicted molar refractivity (Wildman–Crippen MR) is 70.2 cm³/mol. The SMILES string of the molecule is CC1CC1NS(=O)(=O)c1ccc(C#CCN)cc1F. The number of halogens is 1. The molecule has 2 unspecified atom stereocenters. The van der Waals surface area contributed by atoms with Crippen LogP contribution in [-0.2, 0) is 10.0 Å². The number of sulfonamides is 1. The zero-order chi connectivity index (χ0) is 14.0. The fraction of sp³-hybridized carbons (Fsp3) is 0.385. The Morgan fingerprint density at radius 3 is 2.74 bits per heavy atom. The Balaban J connectivity index is 2.25. The molecule has 0 bridgehead atoms. The maximum atomic E-state index is 13.8. The van der Waals surface area contributed by atoms with E-state index < -0.39 is 15.8 Å². The molecule has 102 valence electrons. The van der Waals surface area contributed by atoms with E-state index in [1.165, 1.54) is 12.1 Å². The van der Waals surface area contributed by atoms with Crippen LogP contribution < -0.4 is 10.5 Å². The third kappa shape index (κ3) is 3.32. The molecule has 0 aromatic heterocycles. The van der Waals surface area contributed by atoms with E-state index in [2.05, 4.69) is 16.6 Å². The minimum atomic E-state index is -3.80. The lowest BCUT2D eigenvalue weighted by Gasteiger charge is -2.07. The van der Waals surface area contributed by atoms with Crippen molar-refractivity contribution in [1.82, 2.24) is 4.72 Å². The van der Waals surface area contributed by atoms with Crippen molar-refractivity contribution in [2.75, 3.05) is 6.54 Å². The van der Waals surface area contributed by atoms with Gasteiger partial charge in [-0.15, -0.1) is 0 Å². The van der Waals surface area contributed by atoms with Crippen LogP contribution in [0.1, 0.15) is 18.9 Å². The van der Waals surface area contributed by atoms with Gasteiger partial charge in [-0.2, -0.15) is 0 Å². The second-order valence-electron chi connectivity index (χ2n) is 4.59. The molecule has 3 N–H and O–H groups in total. The van der Waals surface area contributed by atoms with E-state index >= 15 is 0 Å². The predicted octanol–water partition coefficient (Wildman–Crippen LogP) is 0.823. The van der Waals surface area contributed by atoms with Gasteiger partial charge >= 0.3 is 0 Å². The van der Waals surface area contributed by atoms with Crippen molar-refractivity contribution in [3.8, 4) is 11.8 Å². The van der Waals surface area contributed by atoms with Crippen LogP contribution in [0.5, 0.6) is 0 Å². The third-order valence-corrected chi connectivity index (χ3v) is 4.50. The molecule has 1 aromatic carbocycles. The number of nitrogens with two attached hydrogens (primary N) is 1. The van der Waals surface area contributed by atoms with E-state index in [4.69, 9.17) is 5.73 Å². The van der Waals surface area contributed by atoms with Gasteiger partial charge in [-0.05, 0) is 30.5 Å². The lowest BCUT2D eigenvalue weighted by molar-refractivity contribution is 0.554. The van der Waals surface area contributed by atoms with Gasteiger partial charge in [0.25, 0.3) is 0 Å². The van der Waals surface area contributed by atoms with Gasteiger partial charge in [-0.25, -0.2) is 17.5 Å². The third-order valence-electron chi connectivity index (χ3n) is 2.97. The first-order valence-corrected chi connectivity index (χ1v) is 7.43. The first kappa shape index (κ1) is 14.0. The van der Waals surface area contributed by atoms with E-state index in [-0.39, 0.29) is 17.5 Å². The normalized spacial score (nSPS) is 21.6. The summed E-state index contributed by atoms with van der Waals surface area (Å²) < 4.78 is 40.2. The van der Waals surface area contributed by atoms with Crippen molar-refractivity contribution in [3.63, 3.8) is 0 Å². The Labute approximate surface area is 112 Å². The lowest BCUT2D eigenvalue weighted by Crippen LogP contribution is -2.27. The van der Waals surface area contributed by atoms with Crippen LogP contribution >= 0.6 is 0 Å². The average molecular weight is 282 g/mol. The molecule has 6 heteroatoms. The molecular weight excluding hydrogens is 267 g/mol. The molecule has 1 aromatic rings. The summed E-state index contributed by atoms with van der Waals surface area (Å²) >= 11 is 0. The summed E-state index contributed by atoms with van der Waals surface area (Å²) in [4.78, 5) is -0.343. The van der Waals surface area contributed by atoms with Gasteiger partial charge in [0.05, 0.1) is 6.54 Å². The molecule has 2 rings (SSSR count). The summed E-state index contributed by atoms with van der Waals surface area (Å²) in [7, 11) is -3.80. The van der Waals surface area contributed by atoms with Crippen molar-refractivity contribution in [3.05, 3.63) is 29.6 Å². The fourth-order valence-electron chi connectivity index (χ4n) is 1.70. The highest BCUT2D eigenvalue weighted by Gasteiger charge is 2.37. The molecule has 0 spiro atoms. The van der Waals surface area contributed by atoms with Crippen LogP contribution in [0.4, 0.5) is 4.39 Å². The van der Waals surface area contributed by atoms with Crippen molar-refractivity contribution in [2.45, 2.75) is 24.3 Å². The Hall–Kier alpha value is -1.42. The number of hydrogen-bond donors (Lipinski definition) is 2. The highest BCUT2D eigenvalue weighted by Crippen LogP contribution is 2.31. The maximum Gasteiger partial charge on any atom is 0.243 e. The monoisotopic (exact) mass is 282 g/mol. The smallest absolute Gasteiger partial charge is 0.243 e. The summed E-state index contributed by atoms with van der Waals surface area (Å²) in [6, 6.07) is 3.72. The second kappa shape index (κ2) is 5.29. The van der Waals surface area contributed by atoms with Crippen LogP contribution in [0.15, 0.2) is 23.1 Å². The standard InChI is InChI=1S/C13H15FN2O2S/c1-9-7-12(9)16-19(17,18)13-5-4-10(3-2-6-15)8-11(13)14/h4-5,8-9,12,16H,6-7,15H2,1H3. The minimum Gasteiger partial charge on any atom is -0.320 e. The largest absolute Gasteiger partial charge is 0.320 e. The fourth-order valence-corrected chi connectivity index (χ4v) is 3.12. The minimum absolute atomic E-state index is 0.0823. The van der Waals surface area contributed by atoms with Gasteiger partial charge in [0.15, 0.2) is 0 Å². The molecule has 2 atom stereocenters. The highest BCUT2D eigenvalue weighted by molar-refractivity contribution is 7.89. The second-order valence-corrected chi connectivity index (χ2v) is 6.27. The van der Waals surface area contributed by atoms with Crippen molar-refractivity contribution in [1.29, 1.82) is 0 Å². The Morgan fingerprint density at radius 1 is 1.53 bits per heavy atom. The first-order chi connectivity index (χ1) is 8.94. The number of benzene rings is 1. The van der Waals surface area contributed by atoms with Crippen LogP contribution in [0.3, 0.4) is 0 Å². The van der Waals surface area contributed by atoms with Gasteiger partial charge < -0.3 is 5.73 Å². The van der Waals surface area contributed by atoms with Crippen molar-refractivity contribution < 1.29 is 12.8 Å². The van der Waals surface area contributed by atoms with Crippen molar-refractivity contribution >= 4 is 10.0 Å². The quantitative estimate of drug-likeness (QED) is 0.806. The average Bonchev–Trinajstić information content (AvgIpc) is 3.01. The van der Waals surface area contributed by atoms with Crippen LogP contribution in [0.2, 0.25) is 0 Å².